The molecule has 1 aliphatic rings. The molecule has 1 fully saturated rings. The number of ether oxygens (including phenoxy) is 3. The van der Waals surface area contributed by atoms with Crippen LogP contribution in [0.2, 0.25) is 0 Å². The van der Waals surface area contributed by atoms with Crippen LogP contribution in [0.15, 0.2) is 76.6 Å². The topological polar surface area (TPSA) is 111 Å². The Bertz CT molecular complexity index is 1690. The number of aromatic nitrogens is 2. The molecule has 1 saturated heterocycles. The van der Waals surface area contributed by atoms with Gasteiger partial charge in [-0.25, -0.2) is 4.39 Å². The van der Waals surface area contributed by atoms with Crippen molar-refractivity contribution in [2.45, 2.75) is 42.8 Å². The van der Waals surface area contributed by atoms with E-state index < -0.39 is 17.7 Å². The number of rotatable bonds is 13. The number of aliphatic hydroxyl groups is 1. The second-order valence-corrected chi connectivity index (χ2v) is 12.2. The molecule has 234 valence electrons. The summed E-state index contributed by atoms with van der Waals surface area (Å²) in [5.74, 6) is -0.284. The lowest BCUT2D eigenvalue weighted by atomic mass is 9.95. The second kappa shape index (κ2) is 14.6. The third-order valence-electron chi connectivity index (χ3n) is 7.02. The number of methoxy groups -OCH3 is 1. The first-order chi connectivity index (χ1) is 21.8. The molecule has 3 aromatic carbocycles. The molecule has 2 heterocycles. The van der Waals surface area contributed by atoms with Gasteiger partial charge in [-0.1, -0.05) is 54.6 Å². The number of ketones is 1. The van der Waals surface area contributed by atoms with Crippen LogP contribution in [-0.2, 0) is 15.3 Å². The average Bonchev–Trinajstić information content (AvgIpc) is 3.63. The van der Waals surface area contributed by atoms with Crippen molar-refractivity contribution >= 4 is 45.7 Å². The summed E-state index contributed by atoms with van der Waals surface area (Å²) in [6.07, 6.45) is 1.84. The number of aliphatic hydroxyl groups excluding tert-OH is 1. The van der Waals surface area contributed by atoms with Crippen LogP contribution in [0.4, 0.5) is 9.52 Å². The Morgan fingerprint density at radius 3 is 2.44 bits per heavy atom. The van der Waals surface area contributed by atoms with E-state index in [9.17, 15) is 19.1 Å². The molecule has 5 rings (SSSR count). The van der Waals surface area contributed by atoms with E-state index in [1.54, 1.807) is 54.6 Å². The van der Waals surface area contributed by atoms with Crippen LogP contribution in [0.5, 0.6) is 17.2 Å². The molecule has 4 aromatic rings. The fourth-order valence-electron chi connectivity index (χ4n) is 4.74. The molecule has 0 saturated carbocycles. The Labute approximate surface area is 268 Å². The van der Waals surface area contributed by atoms with Gasteiger partial charge in [0, 0.05) is 11.3 Å². The molecule has 9 nitrogen and oxygen atoms in total. The lowest BCUT2D eigenvalue weighted by Crippen LogP contribution is -2.29. The molecule has 1 atom stereocenters. The van der Waals surface area contributed by atoms with Crippen molar-refractivity contribution in [1.29, 1.82) is 0 Å². The zero-order valence-electron chi connectivity index (χ0n) is 25.0. The van der Waals surface area contributed by atoms with E-state index >= 15 is 0 Å². The Morgan fingerprint density at radius 1 is 1.00 bits per heavy atom. The zero-order valence-corrected chi connectivity index (χ0v) is 26.6. The van der Waals surface area contributed by atoms with E-state index in [2.05, 4.69) is 17.1 Å². The summed E-state index contributed by atoms with van der Waals surface area (Å²) in [7, 11) is 1.53. The maximum atomic E-state index is 13.7. The molecule has 12 heteroatoms. The van der Waals surface area contributed by atoms with E-state index in [1.165, 1.54) is 35.9 Å². The number of halogens is 1. The molecule has 1 N–H and O–H groups in total. The Kier molecular flexibility index (Phi) is 10.4. The number of amides is 1. The van der Waals surface area contributed by atoms with Gasteiger partial charge in [-0.05, 0) is 73.0 Å². The molecule has 0 radical (unpaired) electrons. The van der Waals surface area contributed by atoms with Crippen molar-refractivity contribution in [3.05, 3.63) is 94.8 Å². The Hall–Kier alpha value is -4.42. The number of Topliss-reactive ketones (excluding diaryl/α,β-unsaturated/α-hetero) is 1. The van der Waals surface area contributed by atoms with E-state index in [0.29, 0.717) is 51.7 Å². The van der Waals surface area contributed by atoms with Gasteiger partial charge in [-0.2, -0.15) is 0 Å². The van der Waals surface area contributed by atoms with Crippen molar-refractivity contribution in [3.63, 3.8) is 0 Å². The van der Waals surface area contributed by atoms with E-state index in [-0.39, 0.29) is 22.3 Å². The smallest absolute Gasteiger partial charge is 0.301 e. The van der Waals surface area contributed by atoms with Crippen LogP contribution < -0.4 is 19.1 Å². The highest BCUT2D eigenvalue weighted by Crippen LogP contribution is 2.45. The van der Waals surface area contributed by atoms with Crippen molar-refractivity contribution < 1.29 is 33.3 Å². The molecule has 1 aromatic heterocycles. The number of hydrogen-bond donors (Lipinski definition) is 1. The van der Waals surface area contributed by atoms with Gasteiger partial charge in [-0.15, -0.1) is 10.2 Å². The van der Waals surface area contributed by atoms with Gasteiger partial charge in [0.05, 0.1) is 31.9 Å². The minimum atomic E-state index is -1.03. The van der Waals surface area contributed by atoms with Gasteiger partial charge in [0.15, 0.2) is 15.8 Å². The minimum Gasteiger partial charge on any atom is -0.507 e. The van der Waals surface area contributed by atoms with Crippen molar-refractivity contribution in [1.82, 2.24) is 10.2 Å². The third-order valence-corrected chi connectivity index (χ3v) is 9.15. The summed E-state index contributed by atoms with van der Waals surface area (Å²) >= 11 is 2.52. The molecular weight excluding hydrogens is 618 g/mol. The first kappa shape index (κ1) is 32.0. The largest absolute Gasteiger partial charge is 0.507 e. The molecule has 0 aliphatic carbocycles. The predicted molar refractivity (Wildman–Crippen MR) is 172 cm³/mol. The summed E-state index contributed by atoms with van der Waals surface area (Å²) < 4.78 is 31.0. The first-order valence-corrected chi connectivity index (χ1v) is 16.2. The number of hydrogen-bond acceptors (Lipinski definition) is 10. The fourth-order valence-corrected chi connectivity index (χ4v) is 6.57. The number of unbranched alkanes of at least 4 members (excludes halogenated alkanes) is 1. The van der Waals surface area contributed by atoms with Crippen LogP contribution in [0.25, 0.3) is 5.76 Å². The summed E-state index contributed by atoms with van der Waals surface area (Å²) in [5, 5.41) is 20.2. The number of thioether (sulfide) groups is 1. The van der Waals surface area contributed by atoms with Gasteiger partial charge < -0.3 is 19.3 Å². The van der Waals surface area contributed by atoms with Crippen molar-refractivity contribution in [3.8, 4) is 17.2 Å². The fraction of sp³-hybridized carbons (Fsp3) is 0.273. The Balaban J connectivity index is 1.56. The SMILES string of the molecule is CCCCOc1ccc(C2C(=C(O)c3ccc(OC)cc3)C(=O)C(=O)N2c2nnc(SCc3ccc(F)cc3)s2)cc1OCC. The van der Waals surface area contributed by atoms with Crippen molar-refractivity contribution in [2.75, 3.05) is 25.2 Å². The van der Waals surface area contributed by atoms with Crippen LogP contribution in [0.3, 0.4) is 0 Å². The second-order valence-electron chi connectivity index (χ2n) is 10.0. The van der Waals surface area contributed by atoms with Gasteiger partial charge in [0.1, 0.15) is 17.3 Å². The van der Waals surface area contributed by atoms with E-state index in [1.807, 2.05) is 6.92 Å². The number of anilines is 1. The lowest BCUT2D eigenvalue weighted by Gasteiger charge is -2.23. The molecular formula is C33H32FN3O6S2. The third kappa shape index (κ3) is 7.12. The predicted octanol–water partition coefficient (Wildman–Crippen LogP) is 7.18. The normalized spacial score (nSPS) is 15.8. The summed E-state index contributed by atoms with van der Waals surface area (Å²) in [6.45, 7) is 4.80. The number of nitrogens with zero attached hydrogens (tertiary/aromatic N) is 3. The van der Waals surface area contributed by atoms with Crippen LogP contribution in [0, 0.1) is 5.82 Å². The first-order valence-electron chi connectivity index (χ1n) is 14.4. The zero-order chi connectivity index (χ0) is 31.9. The van der Waals surface area contributed by atoms with Gasteiger partial charge >= 0.3 is 5.91 Å². The summed E-state index contributed by atoms with van der Waals surface area (Å²) in [6, 6.07) is 16.9. The molecule has 0 spiro atoms. The summed E-state index contributed by atoms with van der Waals surface area (Å²) in [4.78, 5) is 28.6. The monoisotopic (exact) mass is 649 g/mol. The van der Waals surface area contributed by atoms with Crippen LogP contribution in [0.1, 0.15) is 49.4 Å². The lowest BCUT2D eigenvalue weighted by molar-refractivity contribution is -0.132. The van der Waals surface area contributed by atoms with Gasteiger partial charge in [-0.3, -0.25) is 14.5 Å². The maximum Gasteiger partial charge on any atom is 0.301 e. The number of benzene rings is 3. The molecule has 45 heavy (non-hydrogen) atoms. The molecule has 0 bridgehead atoms. The average molecular weight is 650 g/mol. The van der Waals surface area contributed by atoms with E-state index in [0.717, 1.165) is 29.7 Å². The highest BCUT2D eigenvalue weighted by atomic mass is 32.2. The molecule has 1 unspecified atom stereocenters. The molecule has 1 amide bonds. The highest BCUT2D eigenvalue weighted by Gasteiger charge is 2.48. The highest BCUT2D eigenvalue weighted by molar-refractivity contribution is 8.00. The van der Waals surface area contributed by atoms with Gasteiger partial charge in [0.2, 0.25) is 5.13 Å². The minimum absolute atomic E-state index is 0.0945. The Morgan fingerprint density at radius 2 is 1.76 bits per heavy atom. The van der Waals surface area contributed by atoms with Gasteiger partial charge in [0.25, 0.3) is 5.78 Å². The maximum absolute atomic E-state index is 13.7. The van der Waals surface area contributed by atoms with E-state index in [4.69, 9.17) is 14.2 Å². The van der Waals surface area contributed by atoms with Crippen LogP contribution in [-0.4, -0.2) is 47.3 Å². The number of carbonyl (C=O) groups excluding carboxylic acids is 2. The van der Waals surface area contributed by atoms with Crippen LogP contribution >= 0.6 is 23.1 Å². The number of carbonyl (C=O) groups is 2. The van der Waals surface area contributed by atoms with Crippen molar-refractivity contribution in [2.24, 2.45) is 0 Å². The quantitative estimate of drug-likeness (QED) is 0.0402. The standard InChI is InChI=1S/C33H32FN3O6S2/c1-4-6-17-43-25-16-11-22(18-26(25)42-5-2)28-27(29(38)21-9-14-24(41-3)15-10-21)30(39)31(40)37(28)32-35-36-33(45-32)44-19-20-7-12-23(34)13-8-20/h7-16,18,28,38H,4-6,17,19H2,1-3H3. The molecule has 1 aliphatic heterocycles. The summed E-state index contributed by atoms with van der Waals surface area (Å²) in [5.41, 5.74) is 1.66.